The van der Waals surface area contributed by atoms with Crippen molar-refractivity contribution in [3.8, 4) is 0 Å². The van der Waals surface area contributed by atoms with Gasteiger partial charge in [0.2, 0.25) is 0 Å². The van der Waals surface area contributed by atoms with E-state index in [9.17, 15) is 0 Å². The Labute approximate surface area is 119 Å². The van der Waals surface area contributed by atoms with E-state index in [1.54, 1.807) is 12.7 Å². The van der Waals surface area contributed by atoms with Crippen LogP contribution in [0.4, 0.5) is 0 Å². The van der Waals surface area contributed by atoms with Gasteiger partial charge in [-0.25, -0.2) is 19.9 Å². The lowest BCUT2D eigenvalue weighted by atomic mass is 10.4. The Morgan fingerprint density at radius 1 is 0.611 bits per heavy atom. The van der Waals surface area contributed by atoms with Crippen molar-refractivity contribution in [3.63, 3.8) is 0 Å². The van der Waals surface area contributed by atoms with Gasteiger partial charge in [-0.2, -0.15) is 0 Å². The Bertz CT molecular complexity index is 385. The van der Waals surface area contributed by atoms with E-state index in [1.165, 1.54) is 0 Å². The van der Waals surface area contributed by atoms with Crippen molar-refractivity contribution >= 4 is 23.3 Å². The van der Waals surface area contributed by atoms with Crippen LogP contribution in [0.2, 0.25) is 0 Å². The fraction of sp³-hybridized carbons (Fsp3) is 0.333. The van der Waals surface area contributed by atoms with Crippen molar-refractivity contribution in [2.75, 3.05) is 0 Å². The first kappa shape index (κ1) is 16.9. The molecule has 0 radical (unpaired) electrons. The molecule has 0 amide bonds. The second-order valence-electron chi connectivity index (χ2n) is 3.60. The molecule has 4 nitrogen and oxygen atoms in total. The normalized spacial score (nSPS) is 8.56. The average Bonchev–Trinajstić information content (AvgIpc) is 2.31. The number of thiol groups is 2. The summed E-state index contributed by atoms with van der Waals surface area (Å²) in [6, 6.07) is 3.89. The van der Waals surface area contributed by atoms with Gasteiger partial charge in [-0.1, -0.05) is 0 Å². The van der Waals surface area contributed by atoms with Crippen LogP contribution in [0.3, 0.4) is 0 Å². The van der Waals surface area contributed by atoms with E-state index in [-0.39, 0.29) is 0 Å². The Kier molecular flexibility index (Phi) is 9.22. The minimum absolute atomic E-state index is 1.03. The summed E-state index contributed by atoms with van der Waals surface area (Å²) in [6.07, 6.45) is 3.15. The van der Waals surface area contributed by atoms with E-state index in [0.717, 1.165) is 22.8 Å². The molecule has 0 saturated carbocycles. The molecule has 0 atom stereocenters. The van der Waals surface area contributed by atoms with E-state index in [2.05, 4.69) is 43.3 Å². The highest BCUT2D eigenvalue weighted by atomic mass is 33.1. The maximum absolute atomic E-state index is 3.93. The summed E-state index contributed by atoms with van der Waals surface area (Å²) in [5.74, 6) is 0. The fourth-order valence-electron chi connectivity index (χ4n) is 1.18. The first-order valence-corrected chi connectivity index (χ1v) is 6.88. The van der Waals surface area contributed by atoms with Crippen LogP contribution in [0.5, 0.6) is 0 Å². The molecule has 0 saturated heterocycles. The third-order valence-corrected chi connectivity index (χ3v) is 1.88. The molecule has 0 spiro atoms. The molecule has 0 aliphatic carbocycles. The Balaban J connectivity index is 0.000000283. The van der Waals surface area contributed by atoms with E-state index >= 15 is 0 Å². The van der Waals surface area contributed by atoms with Gasteiger partial charge in [0.1, 0.15) is 12.7 Å². The van der Waals surface area contributed by atoms with Crippen molar-refractivity contribution in [1.29, 1.82) is 0 Å². The fourth-order valence-corrected chi connectivity index (χ4v) is 1.18. The van der Waals surface area contributed by atoms with Crippen molar-refractivity contribution in [1.82, 2.24) is 19.9 Å². The van der Waals surface area contributed by atoms with Gasteiger partial charge in [0.25, 0.3) is 0 Å². The highest BCUT2D eigenvalue weighted by molar-refractivity contribution is 8.59. The lowest BCUT2D eigenvalue weighted by molar-refractivity contribution is 1.05. The number of hydrogen-bond acceptors (Lipinski definition) is 6. The van der Waals surface area contributed by atoms with Crippen LogP contribution in [0.15, 0.2) is 24.8 Å². The van der Waals surface area contributed by atoms with Crippen molar-refractivity contribution in [2.45, 2.75) is 27.7 Å². The molecule has 0 aliphatic rings. The Hall–Kier alpha value is -1.14. The van der Waals surface area contributed by atoms with Gasteiger partial charge >= 0.3 is 0 Å². The zero-order chi connectivity index (χ0) is 14.0. The molecular formula is C12H18N4S2. The van der Waals surface area contributed by atoms with E-state index in [0.29, 0.717) is 0 Å². The van der Waals surface area contributed by atoms with Crippen LogP contribution in [-0.4, -0.2) is 19.9 Å². The van der Waals surface area contributed by atoms with Crippen LogP contribution in [0, 0.1) is 27.7 Å². The van der Waals surface area contributed by atoms with Crippen LogP contribution in [0.25, 0.3) is 0 Å². The van der Waals surface area contributed by atoms with Crippen molar-refractivity contribution < 1.29 is 0 Å². The van der Waals surface area contributed by atoms with Gasteiger partial charge in [-0.3, -0.25) is 0 Å². The topological polar surface area (TPSA) is 51.6 Å². The first-order valence-electron chi connectivity index (χ1n) is 5.28. The van der Waals surface area contributed by atoms with Crippen LogP contribution in [-0.2, 0) is 0 Å². The molecule has 0 N–H and O–H groups in total. The van der Waals surface area contributed by atoms with Gasteiger partial charge in [0.05, 0.1) is 0 Å². The maximum Gasteiger partial charge on any atom is 0.115 e. The molecular weight excluding hydrogens is 264 g/mol. The van der Waals surface area contributed by atoms with E-state index in [1.807, 2.05) is 39.8 Å². The van der Waals surface area contributed by atoms with E-state index < -0.39 is 0 Å². The summed E-state index contributed by atoms with van der Waals surface area (Å²) in [5.41, 5.74) is 4.10. The molecule has 0 fully saturated rings. The molecule has 0 aromatic carbocycles. The molecule has 2 aromatic heterocycles. The second kappa shape index (κ2) is 9.85. The maximum atomic E-state index is 3.93. The molecule has 2 heterocycles. The van der Waals surface area contributed by atoms with Crippen LogP contribution >= 0.6 is 23.3 Å². The predicted octanol–water partition coefficient (Wildman–Crippen LogP) is 2.95. The Morgan fingerprint density at radius 2 is 0.833 bits per heavy atom. The number of aromatic nitrogens is 4. The highest BCUT2D eigenvalue weighted by Crippen LogP contribution is 1.92. The van der Waals surface area contributed by atoms with Crippen molar-refractivity contribution in [3.05, 3.63) is 47.6 Å². The predicted molar refractivity (Wildman–Crippen MR) is 81.0 cm³/mol. The molecule has 2 rings (SSSR count). The molecule has 18 heavy (non-hydrogen) atoms. The quantitative estimate of drug-likeness (QED) is 0.576. The number of rotatable bonds is 0. The number of nitrogens with zero attached hydrogens (tertiary/aromatic N) is 4. The standard InChI is InChI=1S/2C6H8N2.H2S2/c2*1-5-3-6(2)8-4-7-5;1-2/h2*3-4H,1-2H3;1-2H. The van der Waals surface area contributed by atoms with E-state index in [4.69, 9.17) is 0 Å². The van der Waals surface area contributed by atoms with Gasteiger partial charge < -0.3 is 0 Å². The summed E-state index contributed by atoms with van der Waals surface area (Å²) >= 11 is 6.44. The van der Waals surface area contributed by atoms with Gasteiger partial charge in [0.15, 0.2) is 0 Å². The number of aryl methyl sites for hydroxylation is 4. The van der Waals surface area contributed by atoms with Crippen LogP contribution < -0.4 is 0 Å². The molecule has 98 valence electrons. The monoisotopic (exact) mass is 282 g/mol. The highest BCUT2D eigenvalue weighted by Gasteiger charge is 1.84. The SMILES string of the molecule is Cc1cc(C)ncn1.Cc1cc(C)ncn1.SS. The third-order valence-electron chi connectivity index (χ3n) is 1.88. The van der Waals surface area contributed by atoms with Crippen molar-refractivity contribution in [2.24, 2.45) is 0 Å². The minimum atomic E-state index is 1.03. The zero-order valence-corrected chi connectivity index (χ0v) is 12.8. The molecule has 0 unspecified atom stereocenters. The molecule has 0 bridgehead atoms. The summed E-state index contributed by atoms with van der Waals surface area (Å²) in [5, 5.41) is 0. The average molecular weight is 282 g/mol. The summed E-state index contributed by atoms with van der Waals surface area (Å²) in [7, 11) is 0. The van der Waals surface area contributed by atoms with Gasteiger partial charge in [0, 0.05) is 22.8 Å². The zero-order valence-electron chi connectivity index (χ0n) is 11.0. The smallest absolute Gasteiger partial charge is 0.115 e. The summed E-state index contributed by atoms with van der Waals surface area (Å²) in [6.45, 7) is 7.81. The van der Waals surface area contributed by atoms with Gasteiger partial charge in [-0.15, -0.1) is 23.3 Å². The Morgan fingerprint density at radius 3 is 0.944 bits per heavy atom. The molecule has 0 aliphatic heterocycles. The molecule has 6 heteroatoms. The van der Waals surface area contributed by atoms with Gasteiger partial charge in [-0.05, 0) is 39.8 Å². The largest absolute Gasteiger partial charge is 0.242 e. The second-order valence-corrected chi connectivity index (χ2v) is 3.60. The number of hydrogen-bond donors (Lipinski definition) is 2. The summed E-state index contributed by atoms with van der Waals surface area (Å²) in [4.78, 5) is 15.7. The molecule has 2 aromatic rings. The minimum Gasteiger partial charge on any atom is -0.242 e. The summed E-state index contributed by atoms with van der Waals surface area (Å²) < 4.78 is 0. The third kappa shape index (κ3) is 8.03. The lowest BCUT2D eigenvalue weighted by Gasteiger charge is -1.89. The lowest BCUT2D eigenvalue weighted by Crippen LogP contribution is -1.84. The van der Waals surface area contributed by atoms with Crippen LogP contribution in [0.1, 0.15) is 22.8 Å². The first-order chi connectivity index (χ1) is 8.58.